The SMILES string of the molecule is CC(C)c1nc(-c2ccccc2C2CC2)[nH]c(=O)c1I. The lowest BCUT2D eigenvalue weighted by Gasteiger charge is -2.12. The first kappa shape index (κ1) is 13.8. The fourth-order valence-electron chi connectivity index (χ4n) is 2.45. The molecule has 0 aliphatic heterocycles. The number of benzene rings is 1. The Bertz CT molecular complexity index is 702. The van der Waals surface area contributed by atoms with Crippen LogP contribution in [0.15, 0.2) is 29.1 Å². The number of rotatable bonds is 3. The molecule has 1 heterocycles. The minimum atomic E-state index is -0.0371. The van der Waals surface area contributed by atoms with Gasteiger partial charge in [-0.25, -0.2) is 4.98 Å². The minimum absolute atomic E-state index is 0.0371. The van der Waals surface area contributed by atoms with E-state index in [0.29, 0.717) is 15.3 Å². The molecule has 0 spiro atoms. The molecule has 3 rings (SSSR count). The first-order valence-corrected chi connectivity index (χ1v) is 8.04. The summed E-state index contributed by atoms with van der Waals surface area (Å²) < 4.78 is 0.699. The Kier molecular flexibility index (Phi) is 3.67. The number of hydrogen-bond acceptors (Lipinski definition) is 2. The van der Waals surface area contributed by atoms with Crippen molar-refractivity contribution in [2.24, 2.45) is 0 Å². The van der Waals surface area contributed by atoms with Crippen molar-refractivity contribution in [2.75, 3.05) is 0 Å². The average molecular weight is 380 g/mol. The van der Waals surface area contributed by atoms with Crippen LogP contribution in [-0.4, -0.2) is 9.97 Å². The molecule has 0 amide bonds. The molecule has 3 nitrogen and oxygen atoms in total. The van der Waals surface area contributed by atoms with Gasteiger partial charge < -0.3 is 4.98 Å². The number of hydrogen-bond donors (Lipinski definition) is 1. The lowest BCUT2D eigenvalue weighted by Crippen LogP contribution is -2.17. The quantitative estimate of drug-likeness (QED) is 0.817. The maximum atomic E-state index is 12.1. The highest BCUT2D eigenvalue weighted by molar-refractivity contribution is 14.1. The summed E-state index contributed by atoms with van der Waals surface area (Å²) >= 11 is 2.08. The smallest absolute Gasteiger partial charge is 0.264 e. The van der Waals surface area contributed by atoms with Gasteiger partial charge in [0.1, 0.15) is 5.82 Å². The Morgan fingerprint density at radius 3 is 2.65 bits per heavy atom. The van der Waals surface area contributed by atoms with Crippen molar-refractivity contribution in [3.63, 3.8) is 0 Å². The van der Waals surface area contributed by atoms with Crippen LogP contribution < -0.4 is 5.56 Å². The zero-order valence-corrected chi connectivity index (χ0v) is 13.8. The van der Waals surface area contributed by atoms with Crippen molar-refractivity contribution in [2.45, 2.75) is 38.5 Å². The highest BCUT2D eigenvalue weighted by atomic mass is 127. The van der Waals surface area contributed by atoms with Crippen LogP contribution in [0.3, 0.4) is 0 Å². The minimum Gasteiger partial charge on any atom is -0.306 e. The molecule has 1 aromatic carbocycles. The van der Waals surface area contributed by atoms with Crippen molar-refractivity contribution in [1.82, 2.24) is 9.97 Å². The zero-order valence-electron chi connectivity index (χ0n) is 11.6. The maximum Gasteiger partial charge on any atom is 0.264 e. The summed E-state index contributed by atoms with van der Waals surface area (Å²) in [6, 6.07) is 8.28. The van der Waals surface area contributed by atoms with E-state index in [1.54, 1.807) is 0 Å². The topological polar surface area (TPSA) is 45.8 Å². The molecule has 1 fully saturated rings. The Morgan fingerprint density at radius 1 is 1.30 bits per heavy atom. The summed E-state index contributed by atoms with van der Waals surface area (Å²) in [4.78, 5) is 19.8. The van der Waals surface area contributed by atoms with Gasteiger partial charge in [-0.15, -0.1) is 0 Å². The molecule has 1 aliphatic rings. The molecule has 0 radical (unpaired) electrons. The monoisotopic (exact) mass is 380 g/mol. The van der Waals surface area contributed by atoms with E-state index in [1.807, 2.05) is 6.07 Å². The third kappa shape index (κ3) is 2.53. The molecule has 20 heavy (non-hydrogen) atoms. The maximum absolute atomic E-state index is 12.1. The molecule has 1 saturated carbocycles. The van der Waals surface area contributed by atoms with Gasteiger partial charge in [-0.1, -0.05) is 38.1 Å². The normalized spacial score (nSPS) is 14.8. The van der Waals surface area contributed by atoms with Crippen molar-refractivity contribution >= 4 is 22.6 Å². The summed E-state index contributed by atoms with van der Waals surface area (Å²) in [6.07, 6.45) is 2.48. The zero-order chi connectivity index (χ0) is 14.3. The van der Waals surface area contributed by atoms with E-state index >= 15 is 0 Å². The van der Waals surface area contributed by atoms with Gasteiger partial charge >= 0.3 is 0 Å². The van der Waals surface area contributed by atoms with E-state index in [1.165, 1.54) is 18.4 Å². The molecule has 104 valence electrons. The first-order valence-electron chi connectivity index (χ1n) is 6.97. The van der Waals surface area contributed by atoms with Crippen LogP contribution in [0.4, 0.5) is 0 Å². The van der Waals surface area contributed by atoms with E-state index < -0.39 is 0 Å². The molecule has 0 unspecified atom stereocenters. The second-order valence-corrected chi connectivity index (χ2v) is 6.71. The molecule has 4 heteroatoms. The number of nitrogens with zero attached hydrogens (tertiary/aromatic N) is 1. The van der Waals surface area contributed by atoms with Crippen LogP contribution in [0, 0.1) is 3.57 Å². The van der Waals surface area contributed by atoms with Crippen molar-refractivity contribution in [1.29, 1.82) is 0 Å². The molecule has 1 aliphatic carbocycles. The standard InChI is InChI=1S/C16H17IN2O/c1-9(2)14-13(17)16(20)19-15(18-14)12-6-4-3-5-11(12)10-7-8-10/h3-6,9-10H,7-8H2,1-2H3,(H,18,19,20). The van der Waals surface area contributed by atoms with Crippen LogP contribution in [0.2, 0.25) is 0 Å². The molecule has 0 saturated heterocycles. The molecule has 0 bridgehead atoms. The lowest BCUT2D eigenvalue weighted by atomic mass is 10.0. The fraction of sp³-hybridized carbons (Fsp3) is 0.375. The van der Waals surface area contributed by atoms with E-state index in [2.05, 4.69) is 59.6 Å². The summed E-state index contributed by atoms with van der Waals surface area (Å²) in [6.45, 7) is 4.14. The molecule has 2 aromatic rings. The molecule has 0 atom stereocenters. The van der Waals surface area contributed by atoms with Crippen LogP contribution in [-0.2, 0) is 0 Å². The summed E-state index contributed by atoms with van der Waals surface area (Å²) in [5.41, 5.74) is 3.23. The molecular formula is C16H17IN2O. The van der Waals surface area contributed by atoms with Gasteiger partial charge in [0.2, 0.25) is 0 Å². The highest BCUT2D eigenvalue weighted by Gasteiger charge is 2.27. The summed E-state index contributed by atoms with van der Waals surface area (Å²) in [5.74, 6) is 1.59. The van der Waals surface area contributed by atoms with Gasteiger partial charge in [-0.05, 0) is 52.8 Å². The largest absolute Gasteiger partial charge is 0.306 e. The van der Waals surface area contributed by atoms with Crippen LogP contribution in [0.5, 0.6) is 0 Å². The highest BCUT2D eigenvalue weighted by Crippen LogP contribution is 2.43. The first-order chi connectivity index (χ1) is 9.58. The van der Waals surface area contributed by atoms with Crippen molar-refractivity contribution in [3.8, 4) is 11.4 Å². The van der Waals surface area contributed by atoms with Crippen LogP contribution in [0.1, 0.15) is 49.8 Å². The lowest BCUT2D eigenvalue weighted by molar-refractivity contribution is 0.802. The number of H-pyrrole nitrogens is 1. The van der Waals surface area contributed by atoms with Crippen molar-refractivity contribution < 1.29 is 0 Å². The Hall–Kier alpha value is -1.17. The number of aromatic amines is 1. The van der Waals surface area contributed by atoms with Gasteiger partial charge in [-0.2, -0.15) is 0 Å². The Balaban J connectivity index is 2.18. The van der Waals surface area contributed by atoms with Crippen LogP contribution in [0.25, 0.3) is 11.4 Å². The fourth-order valence-corrected chi connectivity index (χ4v) is 3.33. The second-order valence-electron chi connectivity index (χ2n) is 5.63. The van der Waals surface area contributed by atoms with Crippen LogP contribution >= 0.6 is 22.6 Å². The Morgan fingerprint density at radius 2 is 2.00 bits per heavy atom. The number of halogens is 1. The number of aromatic nitrogens is 2. The Labute approximate surface area is 132 Å². The van der Waals surface area contributed by atoms with E-state index in [9.17, 15) is 4.79 Å². The van der Waals surface area contributed by atoms with Gasteiger partial charge in [0.25, 0.3) is 5.56 Å². The van der Waals surface area contributed by atoms with E-state index in [0.717, 1.165) is 11.3 Å². The molecular weight excluding hydrogens is 363 g/mol. The third-order valence-corrected chi connectivity index (χ3v) is 4.71. The van der Waals surface area contributed by atoms with Gasteiger partial charge in [0, 0.05) is 5.56 Å². The predicted octanol–water partition coefficient (Wildman–Crippen LogP) is 4.04. The molecule has 1 aromatic heterocycles. The second kappa shape index (κ2) is 5.31. The summed E-state index contributed by atoms with van der Waals surface area (Å²) in [7, 11) is 0. The van der Waals surface area contributed by atoms with Gasteiger partial charge in [-0.3, -0.25) is 4.79 Å². The average Bonchev–Trinajstić information content (AvgIpc) is 3.26. The summed E-state index contributed by atoms with van der Waals surface area (Å²) in [5, 5.41) is 0. The van der Waals surface area contributed by atoms with E-state index in [-0.39, 0.29) is 11.5 Å². The predicted molar refractivity (Wildman–Crippen MR) is 89.1 cm³/mol. The number of nitrogens with one attached hydrogen (secondary N) is 1. The third-order valence-electron chi connectivity index (χ3n) is 3.67. The van der Waals surface area contributed by atoms with Gasteiger partial charge in [0.05, 0.1) is 9.26 Å². The molecule has 1 N–H and O–H groups in total. The van der Waals surface area contributed by atoms with Crippen molar-refractivity contribution in [3.05, 3.63) is 49.4 Å². The van der Waals surface area contributed by atoms with E-state index in [4.69, 9.17) is 4.98 Å². The van der Waals surface area contributed by atoms with Gasteiger partial charge in [0.15, 0.2) is 0 Å².